The van der Waals surface area contributed by atoms with E-state index in [1.807, 2.05) is 0 Å². The van der Waals surface area contributed by atoms with Crippen LogP contribution in [0, 0.1) is 5.82 Å². The zero-order valence-electron chi connectivity index (χ0n) is 8.42. The molecule has 2 aromatic rings. The van der Waals surface area contributed by atoms with E-state index in [9.17, 15) is 4.39 Å². The van der Waals surface area contributed by atoms with Crippen molar-refractivity contribution < 1.29 is 4.39 Å². The summed E-state index contributed by atoms with van der Waals surface area (Å²) in [6, 6.07) is 3.92. The van der Waals surface area contributed by atoms with Crippen LogP contribution in [0.2, 0.25) is 10.2 Å². The third kappa shape index (κ3) is 2.57. The third-order valence-corrected chi connectivity index (χ3v) is 2.65. The fourth-order valence-electron chi connectivity index (χ4n) is 1.19. The van der Waals surface area contributed by atoms with Gasteiger partial charge in [0.05, 0.1) is 10.7 Å². The number of nitrogens with two attached hydrogens (primary N) is 1. The minimum atomic E-state index is -0.421. The molecule has 1 aromatic heterocycles. The molecule has 0 amide bonds. The lowest BCUT2D eigenvalue weighted by Gasteiger charge is -2.09. The molecule has 17 heavy (non-hydrogen) atoms. The summed E-state index contributed by atoms with van der Waals surface area (Å²) in [4.78, 5) is 7.60. The molecular formula is C10H7Cl2FN4. The van der Waals surface area contributed by atoms with Gasteiger partial charge < -0.3 is 11.1 Å². The molecule has 0 atom stereocenters. The maximum Gasteiger partial charge on any atom is 0.158 e. The van der Waals surface area contributed by atoms with Crippen LogP contribution in [0.3, 0.4) is 0 Å². The Morgan fingerprint density at radius 3 is 2.76 bits per heavy atom. The number of nitrogen functional groups attached to an aromatic ring is 1. The monoisotopic (exact) mass is 272 g/mol. The van der Waals surface area contributed by atoms with E-state index < -0.39 is 5.82 Å². The number of rotatable bonds is 2. The average Bonchev–Trinajstić information content (AvgIpc) is 2.30. The molecule has 0 unspecified atom stereocenters. The largest absolute Gasteiger partial charge is 0.393 e. The quantitative estimate of drug-likeness (QED) is 0.824. The highest BCUT2D eigenvalue weighted by molar-refractivity contribution is 6.33. The summed E-state index contributed by atoms with van der Waals surface area (Å²) in [6.07, 6.45) is 1.24. The standard InChI is InChI=1S/C10H7Cl2FN4/c11-6-2-1-5(13)3-7(6)17-10-8(14)9(12)15-4-16-10/h1-4H,14H2,(H,15,16,17). The van der Waals surface area contributed by atoms with Crippen LogP contribution in [0.5, 0.6) is 0 Å². The second kappa shape index (κ2) is 4.73. The Kier molecular flexibility index (Phi) is 3.31. The van der Waals surface area contributed by atoms with Crippen molar-refractivity contribution in [3.05, 3.63) is 40.5 Å². The van der Waals surface area contributed by atoms with Crippen molar-refractivity contribution in [3.8, 4) is 0 Å². The highest BCUT2D eigenvalue weighted by Crippen LogP contribution is 2.29. The summed E-state index contributed by atoms with van der Waals surface area (Å²) in [7, 11) is 0. The number of aromatic nitrogens is 2. The van der Waals surface area contributed by atoms with Crippen molar-refractivity contribution in [2.24, 2.45) is 0 Å². The molecule has 1 heterocycles. The lowest BCUT2D eigenvalue weighted by Crippen LogP contribution is -2.01. The number of halogens is 3. The van der Waals surface area contributed by atoms with Crippen LogP contribution in [0.15, 0.2) is 24.5 Å². The minimum Gasteiger partial charge on any atom is -0.393 e. The average molecular weight is 273 g/mol. The molecule has 3 N–H and O–H groups in total. The fourth-order valence-corrected chi connectivity index (χ4v) is 1.49. The number of benzene rings is 1. The first-order chi connectivity index (χ1) is 8.08. The third-order valence-electron chi connectivity index (χ3n) is 2.02. The Bertz CT molecular complexity index is 562. The van der Waals surface area contributed by atoms with E-state index in [1.165, 1.54) is 24.5 Å². The molecule has 0 saturated carbocycles. The molecule has 0 fully saturated rings. The van der Waals surface area contributed by atoms with Crippen molar-refractivity contribution in [2.45, 2.75) is 0 Å². The fraction of sp³-hybridized carbons (Fsp3) is 0. The van der Waals surface area contributed by atoms with Gasteiger partial charge in [-0.25, -0.2) is 14.4 Å². The summed E-state index contributed by atoms with van der Waals surface area (Å²) < 4.78 is 13.0. The Hall–Kier alpha value is -1.59. The second-order valence-corrected chi connectivity index (χ2v) is 3.94. The van der Waals surface area contributed by atoms with Crippen LogP contribution in [0.4, 0.5) is 21.6 Å². The molecule has 0 saturated heterocycles. The molecule has 0 bridgehead atoms. The summed E-state index contributed by atoms with van der Waals surface area (Å²) in [6.45, 7) is 0. The Labute approximate surface area is 107 Å². The van der Waals surface area contributed by atoms with Gasteiger partial charge in [-0.1, -0.05) is 23.2 Å². The minimum absolute atomic E-state index is 0.120. The van der Waals surface area contributed by atoms with Gasteiger partial charge in [0, 0.05) is 0 Å². The van der Waals surface area contributed by atoms with E-state index in [4.69, 9.17) is 28.9 Å². The Morgan fingerprint density at radius 1 is 1.24 bits per heavy atom. The molecule has 7 heteroatoms. The Morgan fingerprint density at radius 2 is 2.00 bits per heavy atom. The van der Waals surface area contributed by atoms with Gasteiger partial charge in [-0.05, 0) is 18.2 Å². The maximum atomic E-state index is 13.0. The molecule has 88 valence electrons. The first kappa shape index (κ1) is 11.9. The van der Waals surface area contributed by atoms with Gasteiger partial charge in [-0.3, -0.25) is 0 Å². The van der Waals surface area contributed by atoms with Gasteiger partial charge in [0.2, 0.25) is 0 Å². The van der Waals surface area contributed by atoms with E-state index in [2.05, 4.69) is 15.3 Å². The predicted octanol–water partition coefficient (Wildman–Crippen LogP) is 3.25. The number of anilines is 3. The van der Waals surface area contributed by atoms with Gasteiger partial charge in [0.15, 0.2) is 11.0 Å². The van der Waals surface area contributed by atoms with E-state index in [-0.39, 0.29) is 16.7 Å². The molecular weight excluding hydrogens is 266 g/mol. The molecule has 2 rings (SSSR count). The summed E-state index contributed by atoms with van der Waals surface area (Å²) in [5.41, 5.74) is 6.19. The molecule has 0 aliphatic carbocycles. The first-order valence-corrected chi connectivity index (χ1v) is 5.31. The lowest BCUT2D eigenvalue weighted by molar-refractivity contribution is 0.628. The van der Waals surface area contributed by atoms with Crippen molar-refractivity contribution in [2.75, 3.05) is 11.1 Å². The van der Waals surface area contributed by atoms with E-state index in [1.54, 1.807) is 0 Å². The molecule has 0 aliphatic rings. The van der Waals surface area contributed by atoms with E-state index in [0.29, 0.717) is 10.7 Å². The van der Waals surface area contributed by atoms with E-state index in [0.717, 1.165) is 0 Å². The van der Waals surface area contributed by atoms with Crippen molar-refractivity contribution in [1.29, 1.82) is 0 Å². The normalized spacial score (nSPS) is 10.3. The van der Waals surface area contributed by atoms with Crippen LogP contribution >= 0.6 is 23.2 Å². The van der Waals surface area contributed by atoms with Gasteiger partial charge in [0.1, 0.15) is 17.8 Å². The number of nitrogens with one attached hydrogen (secondary N) is 1. The second-order valence-electron chi connectivity index (χ2n) is 3.18. The maximum absolute atomic E-state index is 13.0. The van der Waals surface area contributed by atoms with Gasteiger partial charge >= 0.3 is 0 Å². The van der Waals surface area contributed by atoms with Crippen LogP contribution in [0.25, 0.3) is 0 Å². The number of hydrogen-bond donors (Lipinski definition) is 2. The molecule has 4 nitrogen and oxygen atoms in total. The highest BCUT2D eigenvalue weighted by Gasteiger charge is 2.08. The predicted molar refractivity (Wildman–Crippen MR) is 66.1 cm³/mol. The van der Waals surface area contributed by atoms with Crippen molar-refractivity contribution >= 4 is 40.4 Å². The summed E-state index contributed by atoms with van der Waals surface area (Å²) in [5, 5.41) is 3.26. The zero-order valence-corrected chi connectivity index (χ0v) is 9.93. The van der Waals surface area contributed by atoms with E-state index >= 15 is 0 Å². The molecule has 0 spiro atoms. The van der Waals surface area contributed by atoms with Crippen LogP contribution in [0.1, 0.15) is 0 Å². The molecule has 1 aromatic carbocycles. The first-order valence-electron chi connectivity index (χ1n) is 4.56. The molecule has 0 radical (unpaired) electrons. The van der Waals surface area contributed by atoms with Crippen LogP contribution in [-0.2, 0) is 0 Å². The van der Waals surface area contributed by atoms with Gasteiger partial charge in [0.25, 0.3) is 0 Å². The molecule has 0 aliphatic heterocycles. The van der Waals surface area contributed by atoms with Gasteiger partial charge in [-0.15, -0.1) is 0 Å². The number of nitrogens with zero attached hydrogens (tertiary/aromatic N) is 2. The Balaban J connectivity index is 2.38. The number of hydrogen-bond acceptors (Lipinski definition) is 4. The topological polar surface area (TPSA) is 63.8 Å². The highest BCUT2D eigenvalue weighted by atomic mass is 35.5. The summed E-state index contributed by atoms with van der Waals surface area (Å²) >= 11 is 11.6. The lowest BCUT2D eigenvalue weighted by atomic mass is 10.3. The van der Waals surface area contributed by atoms with Gasteiger partial charge in [-0.2, -0.15) is 0 Å². The van der Waals surface area contributed by atoms with Crippen LogP contribution in [-0.4, -0.2) is 9.97 Å². The van der Waals surface area contributed by atoms with Crippen molar-refractivity contribution in [3.63, 3.8) is 0 Å². The smallest absolute Gasteiger partial charge is 0.158 e. The SMILES string of the molecule is Nc1c(Cl)ncnc1Nc1cc(F)ccc1Cl. The van der Waals surface area contributed by atoms with Crippen molar-refractivity contribution in [1.82, 2.24) is 9.97 Å². The zero-order chi connectivity index (χ0) is 12.4. The van der Waals surface area contributed by atoms with Crippen LogP contribution < -0.4 is 11.1 Å². The summed E-state index contributed by atoms with van der Waals surface area (Å²) in [5.74, 6) is -0.145.